The van der Waals surface area contributed by atoms with E-state index in [-0.39, 0.29) is 16.8 Å². The third-order valence-electron chi connectivity index (χ3n) is 7.46. The molecule has 4 nitrogen and oxygen atoms in total. The predicted molar refractivity (Wildman–Crippen MR) is 169 cm³/mol. The van der Waals surface area contributed by atoms with Crippen molar-refractivity contribution in [2.24, 2.45) is 0 Å². The number of hydrogen-bond donors (Lipinski definition) is 0. The first kappa shape index (κ1) is 44.4. The van der Waals surface area contributed by atoms with Gasteiger partial charge in [-0.3, -0.25) is 0 Å². The first-order chi connectivity index (χ1) is 19.5. The summed E-state index contributed by atoms with van der Waals surface area (Å²) in [4.78, 5) is 20.3. The Kier molecular flexibility index (Phi) is 44.4. The van der Waals surface area contributed by atoms with Gasteiger partial charge < -0.3 is 19.8 Å². The smallest absolute Gasteiger partial charge is 0.545 e. The van der Waals surface area contributed by atoms with Crippen LogP contribution in [-0.4, -0.2) is 11.9 Å². The molecule has 243 valence electrons. The van der Waals surface area contributed by atoms with E-state index < -0.39 is 11.9 Å². The maximum Gasteiger partial charge on any atom is 2.00 e. The summed E-state index contributed by atoms with van der Waals surface area (Å²) in [6, 6.07) is 0. The minimum atomic E-state index is -1.08. The van der Waals surface area contributed by atoms with Gasteiger partial charge in [-0.15, -0.1) is 0 Å². The second kappa shape index (κ2) is 41.1. The molecule has 0 amide bonds. The summed E-state index contributed by atoms with van der Waals surface area (Å²) in [5.74, 6) is -2.17. The molecule has 0 heterocycles. The van der Waals surface area contributed by atoms with Gasteiger partial charge in [0.1, 0.15) is 0 Å². The summed E-state index contributed by atoms with van der Waals surface area (Å²) >= 11 is 0. The van der Waals surface area contributed by atoms with Crippen LogP contribution in [0.5, 0.6) is 0 Å². The van der Waals surface area contributed by atoms with Crippen LogP contribution in [0.25, 0.3) is 0 Å². The Morgan fingerprint density at radius 1 is 0.390 bits per heavy atom. The Morgan fingerprint density at radius 2 is 0.585 bits per heavy atom. The molecule has 0 aliphatic heterocycles. The summed E-state index contributed by atoms with van der Waals surface area (Å²) in [7, 11) is 0. The summed E-state index contributed by atoms with van der Waals surface area (Å²) < 4.78 is 0. The van der Waals surface area contributed by atoms with Gasteiger partial charge in [-0.05, 0) is 37.8 Å². The van der Waals surface area contributed by atoms with Gasteiger partial charge in [0, 0.05) is 0 Å². The second-order valence-corrected chi connectivity index (χ2v) is 11.5. The van der Waals surface area contributed by atoms with Crippen LogP contribution in [0, 0.1) is 0 Å². The Morgan fingerprint density at radius 3 is 0.780 bits per heavy atom. The molecule has 5 heteroatoms. The van der Waals surface area contributed by atoms with Gasteiger partial charge in [-0.25, -0.2) is 0 Å². The van der Waals surface area contributed by atoms with E-state index in [9.17, 15) is 19.8 Å². The van der Waals surface area contributed by atoms with Crippen molar-refractivity contribution in [1.82, 2.24) is 0 Å². The van der Waals surface area contributed by atoms with Crippen LogP contribution in [0.3, 0.4) is 0 Å². The van der Waals surface area contributed by atoms with E-state index >= 15 is 0 Å². The van der Waals surface area contributed by atoms with E-state index in [0.717, 1.165) is 37.8 Å². The van der Waals surface area contributed by atoms with Gasteiger partial charge in [-0.2, -0.15) is 0 Å². The topological polar surface area (TPSA) is 80.3 Å². The molecule has 0 bridgehead atoms. The quantitative estimate of drug-likeness (QED) is 0.0591. The molecule has 1 radical (unpaired) electrons. The first-order valence-corrected chi connectivity index (χ1v) is 17.3. The number of hydrogen-bond acceptors (Lipinski definition) is 4. The molecule has 0 unspecified atom stereocenters. The molecule has 0 atom stereocenters. The summed E-state index contributed by atoms with van der Waals surface area (Å²) in [5.41, 5.74) is 0. The molecule has 0 saturated heterocycles. The number of allylic oxidation sites excluding steroid dienone is 2. The molecule has 0 N–H and O–H groups in total. The maximum absolute atomic E-state index is 10.1. The second-order valence-electron chi connectivity index (χ2n) is 11.5. The van der Waals surface area contributed by atoms with Crippen molar-refractivity contribution in [2.75, 3.05) is 0 Å². The molecular weight excluding hydrogens is 555 g/mol. The molecule has 0 spiro atoms. The first-order valence-electron chi connectivity index (χ1n) is 17.3. The van der Waals surface area contributed by atoms with E-state index in [1.54, 1.807) is 12.2 Å². The Balaban J connectivity index is -0.000000688. The average Bonchev–Trinajstić information content (AvgIpc) is 2.93. The zero-order valence-electron chi connectivity index (χ0n) is 27.1. The summed E-state index contributed by atoms with van der Waals surface area (Å²) in [5, 5.41) is 20.3. The van der Waals surface area contributed by atoms with Gasteiger partial charge in [-0.1, -0.05) is 180 Å². The number of carboxylic acids is 2. The Labute approximate surface area is 265 Å². The number of rotatable bonds is 30. The van der Waals surface area contributed by atoms with Gasteiger partial charge >= 0.3 is 16.8 Å². The third kappa shape index (κ3) is 49.0. The van der Waals surface area contributed by atoms with Gasteiger partial charge in [0.2, 0.25) is 0 Å². The molecule has 41 heavy (non-hydrogen) atoms. The average molecular weight is 622 g/mol. The zero-order valence-corrected chi connectivity index (χ0v) is 28.1. The number of carbonyl (C=O) groups is 2. The number of carbonyl (C=O) groups excluding carboxylic acids is 2. The van der Waals surface area contributed by atoms with Crippen molar-refractivity contribution >= 4 is 11.9 Å². The third-order valence-corrected chi connectivity index (χ3v) is 7.46. The van der Waals surface area contributed by atoms with Crippen molar-refractivity contribution in [3.8, 4) is 0 Å². The van der Waals surface area contributed by atoms with Gasteiger partial charge in [0.25, 0.3) is 0 Å². The van der Waals surface area contributed by atoms with Crippen LogP contribution < -0.4 is 10.2 Å². The van der Waals surface area contributed by atoms with Crippen LogP contribution >= 0.6 is 0 Å². The Bertz CT molecular complexity index is 524. The maximum atomic E-state index is 10.1. The zero-order chi connectivity index (χ0) is 29.8. The fraction of sp³-hybridized carbons (Fsp3) is 0.833. The molecule has 0 rings (SSSR count). The van der Waals surface area contributed by atoms with Crippen LogP contribution in [0.2, 0.25) is 0 Å². The molecule has 0 aromatic rings. The van der Waals surface area contributed by atoms with E-state index in [0.29, 0.717) is 0 Å². The fourth-order valence-electron chi connectivity index (χ4n) is 4.92. The SMILES string of the molecule is CCCCCCCCCCCCCCC/C=C/C(=O)[O-].CCCCCCCCCCCCCCC/C=C/C(=O)[O-].[Co+2]. The van der Waals surface area contributed by atoms with Crippen molar-refractivity contribution in [3.05, 3.63) is 24.3 Å². The number of carboxylic acid groups (broad SMARTS) is 2. The van der Waals surface area contributed by atoms with Crippen LogP contribution in [-0.2, 0) is 26.4 Å². The van der Waals surface area contributed by atoms with Gasteiger partial charge in [0.15, 0.2) is 0 Å². The van der Waals surface area contributed by atoms with Gasteiger partial charge in [0.05, 0.1) is 11.9 Å². The molecule has 0 saturated carbocycles. The molecule has 0 aliphatic carbocycles. The van der Waals surface area contributed by atoms with Crippen molar-refractivity contribution in [1.29, 1.82) is 0 Å². The molecule has 0 aromatic heterocycles. The standard InChI is InChI=1S/2C18H34O2.Co/c2*1-2-3-4-5-6-7-8-9-10-11-12-13-14-15-16-17-18(19)20;/h2*16-17H,2-15H2,1H3,(H,19,20);/q;;+2/p-2/b2*17-16+;. The molecule has 0 aliphatic rings. The molecule has 0 fully saturated rings. The fourth-order valence-corrected chi connectivity index (χ4v) is 4.92. The van der Waals surface area contributed by atoms with E-state index in [1.807, 2.05) is 0 Å². The minimum Gasteiger partial charge on any atom is -0.545 e. The predicted octanol–water partition coefficient (Wildman–Crippen LogP) is 9.55. The van der Waals surface area contributed by atoms with Crippen LogP contribution in [0.1, 0.15) is 194 Å². The van der Waals surface area contributed by atoms with E-state index in [2.05, 4.69) is 13.8 Å². The van der Waals surface area contributed by atoms with Crippen molar-refractivity contribution < 1.29 is 36.6 Å². The monoisotopic (exact) mass is 621 g/mol. The number of unbranched alkanes of at least 4 members (excludes halogenated alkanes) is 26. The normalized spacial score (nSPS) is 11.0. The van der Waals surface area contributed by atoms with Crippen LogP contribution in [0.4, 0.5) is 0 Å². The van der Waals surface area contributed by atoms with Crippen molar-refractivity contribution in [3.63, 3.8) is 0 Å². The number of aliphatic carboxylic acids is 2. The van der Waals surface area contributed by atoms with Crippen LogP contribution in [0.15, 0.2) is 24.3 Å². The minimum absolute atomic E-state index is 0. The van der Waals surface area contributed by atoms with E-state index in [4.69, 9.17) is 0 Å². The largest absolute Gasteiger partial charge is 2.00 e. The summed E-state index contributed by atoms with van der Waals surface area (Å²) in [6.45, 7) is 4.53. The van der Waals surface area contributed by atoms with E-state index in [1.165, 1.54) is 154 Å². The molecule has 0 aromatic carbocycles. The Hall–Kier alpha value is -1.07. The van der Waals surface area contributed by atoms with Crippen molar-refractivity contribution in [2.45, 2.75) is 194 Å². The molecular formula is C36H66CoO4. The summed E-state index contributed by atoms with van der Waals surface area (Å²) in [6.07, 6.45) is 42.4.